The predicted molar refractivity (Wildman–Crippen MR) is 49.2 cm³/mol. The van der Waals surface area contributed by atoms with Crippen molar-refractivity contribution in [2.75, 3.05) is 0 Å². The van der Waals surface area contributed by atoms with Gasteiger partial charge in [-0.3, -0.25) is 0 Å². The number of hydrogen-bond acceptors (Lipinski definition) is 0. The molecule has 1 aromatic carbocycles. The van der Waals surface area contributed by atoms with Gasteiger partial charge in [-0.15, -0.1) is 0 Å². The van der Waals surface area contributed by atoms with E-state index in [-0.39, 0.29) is 21.2 Å². The molecule has 0 atom stereocenters. The number of rotatable bonds is 3. The first-order valence-corrected chi connectivity index (χ1v) is 6.49. The fourth-order valence-corrected chi connectivity index (χ4v) is 2.88. The molecule has 0 aromatic heterocycles. The Bertz CT molecular complexity index is 249. The fraction of sp³-hybridized carbons (Fsp3) is 0.273. The van der Waals surface area contributed by atoms with E-state index in [9.17, 15) is 0 Å². The van der Waals surface area contributed by atoms with Gasteiger partial charge in [-0.1, -0.05) is 25.1 Å². The molecule has 1 heteroatoms. The van der Waals surface area contributed by atoms with E-state index in [1.807, 2.05) is 0 Å². The van der Waals surface area contributed by atoms with Crippen molar-refractivity contribution in [3.05, 3.63) is 43.6 Å². The second-order valence-corrected chi connectivity index (χ2v) is 5.20. The van der Waals surface area contributed by atoms with Gasteiger partial charge in [0.2, 0.25) is 0 Å². The fourth-order valence-electron chi connectivity index (χ4n) is 0.721. The lowest BCUT2D eigenvalue weighted by Crippen LogP contribution is -3.59. The Morgan fingerprint density at radius 3 is 2.58 bits per heavy atom. The van der Waals surface area contributed by atoms with E-state index < -0.39 is 0 Å². The lowest BCUT2D eigenvalue weighted by Gasteiger charge is -1.84. The van der Waals surface area contributed by atoms with Gasteiger partial charge < -0.3 is 0 Å². The van der Waals surface area contributed by atoms with Gasteiger partial charge in [-0.05, 0) is 31.1 Å². The summed E-state index contributed by atoms with van der Waals surface area (Å²) in [6, 6.07) is 10.7. The second-order valence-electron chi connectivity index (χ2n) is 2.71. The molecule has 1 aromatic rings. The third-order valence-electron chi connectivity index (χ3n) is 1.66. The molecule has 0 spiro atoms. The quantitative estimate of drug-likeness (QED) is 0.693. The zero-order valence-electron chi connectivity index (χ0n) is 7.55. The Morgan fingerprint density at radius 2 is 2.00 bits per heavy atom. The van der Waals surface area contributed by atoms with Crippen molar-refractivity contribution >= 4 is 0 Å². The van der Waals surface area contributed by atoms with E-state index in [4.69, 9.17) is 0 Å². The van der Waals surface area contributed by atoms with Crippen LogP contribution in [0.1, 0.15) is 20.3 Å². The van der Waals surface area contributed by atoms with Crippen LogP contribution < -0.4 is 21.2 Å². The van der Waals surface area contributed by atoms with Crippen molar-refractivity contribution in [3.8, 4) is 0 Å². The smallest absolute Gasteiger partial charge is 0.0619 e. The van der Waals surface area contributed by atoms with Gasteiger partial charge in [-0.25, -0.2) is 0 Å². The molecule has 0 heterocycles. The average Bonchev–Trinajstić information content (AvgIpc) is 2.16. The first kappa shape index (κ1) is 9.78. The van der Waals surface area contributed by atoms with E-state index in [0.717, 1.165) is 0 Å². The van der Waals surface area contributed by atoms with Crippen LogP contribution >= 0.6 is 0 Å². The number of hydrogen-bond donors (Lipinski definition) is 0. The molecule has 0 aliphatic rings. The molecule has 0 N–H and O–H groups in total. The first-order chi connectivity index (χ1) is 5.83. The van der Waals surface area contributed by atoms with Gasteiger partial charge in [0, 0.05) is 0 Å². The summed E-state index contributed by atoms with van der Waals surface area (Å²) < 4.78 is 3.91. The van der Waals surface area contributed by atoms with E-state index >= 15 is 0 Å². The molecular formula is C11H14I+. The van der Waals surface area contributed by atoms with Gasteiger partial charge >= 0.3 is 21.2 Å². The van der Waals surface area contributed by atoms with Gasteiger partial charge in [0.1, 0.15) is 0 Å². The Hall–Kier alpha value is -0.310. The molecule has 0 saturated carbocycles. The maximum atomic E-state index is 2.41. The van der Waals surface area contributed by atoms with Crippen LogP contribution in [0.15, 0.2) is 40.0 Å². The highest BCUT2D eigenvalue weighted by molar-refractivity contribution is 5.00. The van der Waals surface area contributed by atoms with E-state index in [2.05, 4.69) is 48.3 Å². The molecule has 0 bridgehead atoms. The first-order valence-electron chi connectivity index (χ1n) is 4.17. The molecule has 12 heavy (non-hydrogen) atoms. The zero-order valence-corrected chi connectivity index (χ0v) is 9.71. The summed E-state index contributed by atoms with van der Waals surface area (Å²) in [6.45, 7) is 4.42. The third-order valence-corrected chi connectivity index (χ3v) is 4.47. The number of allylic oxidation sites excluding steroid dienone is 1. The standard InChI is InChI=1S/C11H14I/c1-3-10(2)9-12-11-7-5-4-6-8-11/h4-9H,3H2,1-2H3/q+1/b10-9+. The third kappa shape index (κ3) is 3.39. The van der Waals surface area contributed by atoms with E-state index in [1.165, 1.54) is 15.6 Å². The lowest BCUT2D eigenvalue weighted by atomic mass is 10.3. The van der Waals surface area contributed by atoms with Gasteiger partial charge in [-0.2, -0.15) is 0 Å². The molecule has 0 aliphatic heterocycles. The molecule has 0 amide bonds. The summed E-state index contributed by atoms with van der Waals surface area (Å²) in [4.78, 5) is 0. The van der Waals surface area contributed by atoms with Gasteiger partial charge in [0.15, 0.2) is 7.65 Å². The summed E-state index contributed by atoms with van der Waals surface area (Å²) >= 11 is 0.118. The van der Waals surface area contributed by atoms with Crippen molar-refractivity contribution in [3.63, 3.8) is 0 Å². The van der Waals surface area contributed by atoms with Gasteiger partial charge in [0.05, 0.1) is 0 Å². The molecular weight excluding hydrogens is 259 g/mol. The Morgan fingerprint density at radius 1 is 1.33 bits per heavy atom. The molecule has 0 radical (unpaired) electrons. The van der Waals surface area contributed by atoms with Crippen molar-refractivity contribution < 1.29 is 21.2 Å². The Kier molecular flexibility index (Phi) is 4.36. The molecule has 64 valence electrons. The van der Waals surface area contributed by atoms with E-state index in [0.29, 0.717) is 0 Å². The molecule has 0 unspecified atom stereocenters. The number of benzene rings is 1. The van der Waals surface area contributed by atoms with Crippen molar-refractivity contribution in [1.82, 2.24) is 0 Å². The summed E-state index contributed by atoms with van der Waals surface area (Å²) in [7, 11) is 0. The van der Waals surface area contributed by atoms with Crippen LogP contribution in [0.2, 0.25) is 0 Å². The van der Waals surface area contributed by atoms with E-state index in [1.54, 1.807) is 0 Å². The average molecular weight is 273 g/mol. The predicted octanol–water partition coefficient (Wildman–Crippen LogP) is 0.259. The SMILES string of the molecule is CC/C(C)=C/[I+]c1ccccc1. The topological polar surface area (TPSA) is 0 Å². The van der Waals surface area contributed by atoms with Gasteiger partial charge in [0.25, 0.3) is 0 Å². The van der Waals surface area contributed by atoms with Crippen LogP contribution in [0.5, 0.6) is 0 Å². The highest BCUT2D eigenvalue weighted by Gasteiger charge is 2.06. The molecule has 0 aliphatic carbocycles. The minimum Gasteiger partial charge on any atom is -0.0619 e. The lowest BCUT2D eigenvalue weighted by molar-refractivity contribution is -0.557. The monoisotopic (exact) mass is 273 g/mol. The molecule has 1 rings (SSSR count). The summed E-state index contributed by atoms with van der Waals surface area (Å²) in [5.41, 5.74) is 1.52. The van der Waals surface area contributed by atoms with Crippen LogP contribution in [-0.2, 0) is 0 Å². The summed E-state index contributed by atoms with van der Waals surface area (Å²) in [6.07, 6.45) is 1.19. The summed E-state index contributed by atoms with van der Waals surface area (Å²) in [5.74, 6) is 0. The number of halogens is 1. The largest absolute Gasteiger partial charge is 0.349 e. The minimum atomic E-state index is 0.118. The maximum absolute atomic E-state index is 2.41. The minimum absolute atomic E-state index is 0.118. The van der Waals surface area contributed by atoms with Crippen LogP contribution in [-0.4, -0.2) is 0 Å². The highest BCUT2D eigenvalue weighted by Crippen LogP contribution is 1.91. The molecule has 0 fully saturated rings. The second kappa shape index (κ2) is 5.36. The van der Waals surface area contributed by atoms with Crippen molar-refractivity contribution in [1.29, 1.82) is 0 Å². The van der Waals surface area contributed by atoms with Crippen LogP contribution in [0.3, 0.4) is 0 Å². The van der Waals surface area contributed by atoms with Crippen LogP contribution in [0, 0.1) is 3.57 Å². The zero-order chi connectivity index (χ0) is 8.81. The molecule has 0 saturated heterocycles. The summed E-state index contributed by atoms with van der Waals surface area (Å²) in [5, 5.41) is 0. The highest BCUT2D eigenvalue weighted by atomic mass is 127. The Labute approximate surface area is 85.0 Å². The van der Waals surface area contributed by atoms with Crippen LogP contribution in [0.25, 0.3) is 0 Å². The normalized spacial score (nSPS) is 11.7. The molecule has 0 nitrogen and oxygen atoms in total. The van der Waals surface area contributed by atoms with Crippen molar-refractivity contribution in [2.24, 2.45) is 0 Å². The van der Waals surface area contributed by atoms with Crippen molar-refractivity contribution in [2.45, 2.75) is 20.3 Å². The Balaban J connectivity index is 2.54. The maximum Gasteiger partial charge on any atom is 0.349 e. The van der Waals surface area contributed by atoms with Crippen LogP contribution in [0.4, 0.5) is 0 Å².